The molecule has 0 spiro atoms. The van der Waals surface area contributed by atoms with Crippen molar-refractivity contribution >= 4 is 0 Å². The van der Waals surface area contributed by atoms with E-state index in [0.717, 1.165) is 43.2 Å². The quantitative estimate of drug-likeness (QED) is 0.456. The molecular formula is C24H33FN2O. The van der Waals surface area contributed by atoms with Gasteiger partial charge < -0.3 is 4.74 Å². The smallest absolute Gasteiger partial charge is 0.136 e. The van der Waals surface area contributed by atoms with Crippen molar-refractivity contribution in [3.05, 3.63) is 41.8 Å². The number of benzene rings is 1. The highest BCUT2D eigenvalue weighted by atomic mass is 19.1. The summed E-state index contributed by atoms with van der Waals surface area (Å²) >= 11 is 0. The van der Waals surface area contributed by atoms with Crippen molar-refractivity contribution in [2.45, 2.75) is 71.6 Å². The zero-order chi connectivity index (χ0) is 19.8. The zero-order valence-corrected chi connectivity index (χ0v) is 17.3. The molecule has 1 aromatic carbocycles. The maximum absolute atomic E-state index is 14.5. The molecule has 0 bridgehead atoms. The molecule has 0 atom stereocenters. The van der Waals surface area contributed by atoms with E-state index in [0.29, 0.717) is 23.6 Å². The van der Waals surface area contributed by atoms with Gasteiger partial charge in [0.15, 0.2) is 0 Å². The number of hydrogen-bond donors (Lipinski definition) is 0. The predicted octanol–water partition coefficient (Wildman–Crippen LogP) is 6.61. The molecule has 0 N–H and O–H groups in total. The molecule has 1 fully saturated rings. The molecule has 3 nitrogen and oxygen atoms in total. The third-order valence-electron chi connectivity index (χ3n) is 5.90. The number of halogens is 1. The number of rotatable bonds is 9. The van der Waals surface area contributed by atoms with Crippen LogP contribution in [0.3, 0.4) is 0 Å². The molecule has 4 heteroatoms. The van der Waals surface area contributed by atoms with Crippen LogP contribution in [-0.4, -0.2) is 16.8 Å². The van der Waals surface area contributed by atoms with Crippen LogP contribution in [0, 0.1) is 17.7 Å². The summed E-state index contributed by atoms with van der Waals surface area (Å²) in [6.07, 6.45) is 10.8. The van der Waals surface area contributed by atoms with E-state index in [1.807, 2.05) is 18.2 Å². The summed E-state index contributed by atoms with van der Waals surface area (Å²) in [4.78, 5) is 0. The highest BCUT2D eigenvalue weighted by Crippen LogP contribution is 2.31. The van der Waals surface area contributed by atoms with Gasteiger partial charge in [0.05, 0.1) is 18.0 Å². The van der Waals surface area contributed by atoms with Crippen LogP contribution in [0.2, 0.25) is 0 Å². The van der Waals surface area contributed by atoms with Crippen molar-refractivity contribution in [2.75, 3.05) is 6.61 Å². The van der Waals surface area contributed by atoms with E-state index in [-0.39, 0.29) is 5.82 Å². The molecule has 1 aliphatic carbocycles. The summed E-state index contributed by atoms with van der Waals surface area (Å²) in [7, 11) is 0. The standard InChI is InChI=1S/C24H33FN2O/c1-3-4-5-16-28-21-13-14-22(23(25)17-21)24-15-12-20(26-27-24)11-10-19-8-6-18(2)7-9-19/h12-15,17-19H,3-11,16H2,1-2H3. The molecule has 2 aromatic rings. The minimum absolute atomic E-state index is 0.314. The second-order valence-corrected chi connectivity index (χ2v) is 8.27. The SMILES string of the molecule is CCCCCOc1ccc(-c2ccc(CCC3CCC(C)CC3)nn2)c(F)c1. The van der Waals surface area contributed by atoms with Gasteiger partial charge >= 0.3 is 0 Å². The Bertz CT molecular complexity index is 724. The summed E-state index contributed by atoms with van der Waals surface area (Å²) in [5.41, 5.74) is 2.05. The van der Waals surface area contributed by atoms with E-state index < -0.39 is 0 Å². The molecule has 0 saturated heterocycles. The Morgan fingerprint density at radius 3 is 2.54 bits per heavy atom. The van der Waals surface area contributed by atoms with E-state index in [1.54, 1.807) is 6.07 Å². The summed E-state index contributed by atoms with van der Waals surface area (Å²) < 4.78 is 20.1. The average Bonchev–Trinajstić information content (AvgIpc) is 2.71. The minimum Gasteiger partial charge on any atom is -0.493 e. The Hall–Kier alpha value is -1.97. The van der Waals surface area contributed by atoms with Gasteiger partial charge in [-0.05, 0) is 55.4 Å². The normalized spacial score (nSPS) is 19.5. The number of unbranched alkanes of at least 4 members (excludes halogenated alkanes) is 2. The van der Waals surface area contributed by atoms with Gasteiger partial charge in [0.25, 0.3) is 0 Å². The number of ether oxygens (including phenoxy) is 1. The van der Waals surface area contributed by atoms with Gasteiger partial charge in [-0.2, -0.15) is 10.2 Å². The molecule has 0 amide bonds. The van der Waals surface area contributed by atoms with Gasteiger partial charge in [-0.3, -0.25) is 0 Å². The molecule has 0 aliphatic heterocycles. The summed E-state index contributed by atoms with van der Waals surface area (Å²) in [5.74, 6) is 1.97. The summed E-state index contributed by atoms with van der Waals surface area (Å²) in [5, 5.41) is 8.61. The molecule has 1 heterocycles. The zero-order valence-electron chi connectivity index (χ0n) is 17.3. The van der Waals surface area contributed by atoms with Crippen molar-refractivity contribution in [1.82, 2.24) is 10.2 Å². The van der Waals surface area contributed by atoms with E-state index in [2.05, 4.69) is 24.0 Å². The van der Waals surface area contributed by atoms with Crippen LogP contribution in [0.15, 0.2) is 30.3 Å². The second-order valence-electron chi connectivity index (χ2n) is 8.27. The number of aryl methyl sites for hydroxylation is 1. The first-order valence-electron chi connectivity index (χ1n) is 10.9. The monoisotopic (exact) mass is 384 g/mol. The first-order valence-corrected chi connectivity index (χ1v) is 10.9. The van der Waals surface area contributed by atoms with Crippen molar-refractivity contribution in [1.29, 1.82) is 0 Å². The Kier molecular flexibility index (Phi) is 7.81. The first kappa shape index (κ1) is 20.8. The van der Waals surface area contributed by atoms with E-state index in [4.69, 9.17) is 4.74 Å². The minimum atomic E-state index is -0.314. The molecule has 3 rings (SSSR count). The summed E-state index contributed by atoms with van der Waals surface area (Å²) in [6.45, 7) is 5.13. The maximum atomic E-state index is 14.5. The molecule has 1 aliphatic rings. The van der Waals surface area contributed by atoms with Crippen LogP contribution in [0.1, 0.15) is 70.9 Å². The molecule has 1 aromatic heterocycles. The third-order valence-corrected chi connectivity index (χ3v) is 5.90. The van der Waals surface area contributed by atoms with Crippen LogP contribution >= 0.6 is 0 Å². The molecular weight excluding hydrogens is 351 g/mol. The van der Waals surface area contributed by atoms with E-state index in [1.165, 1.54) is 38.2 Å². The number of aromatic nitrogens is 2. The van der Waals surface area contributed by atoms with Crippen LogP contribution in [0.4, 0.5) is 4.39 Å². The van der Waals surface area contributed by atoms with Gasteiger partial charge in [-0.1, -0.05) is 52.4 Å². The van der Waals surface area contributed by atoms with Crippen molar-refractivity contribution in [2.24, 2.45) is 11.8 Å². The van der Waals surface area contributed by atoms with Crippen LogP contribution in [0.25, 0.3) is 11.3 Å². The van der Waals surface area contributed by atoms with Crippen molar-refractivity contribution in [3.8, 4) is 17.0 Å². The maximum Gasteiger partial charge on any atom is 0.136 e. The lowest BCUT2D eigenvalue weighted by Gasteiger charge is -2.25. The van der Waals surface area contributed by atoms with Gasteiger partial charge in [0, 0.05) is 11.6 Å². The van der Waals surface area contributed by atoms with Gasteiger partial charge in [-0.25, -0.2) is 4.39 Å². The van der Waals surface area contributed by atoms with Gasteiger partial charge in [-0.15, -0.1) is 0 Å². The summed E-state index contributed by atoms with van der Waals surface area (Å²) in [6, 6.07) is 8.86. The molecule has 28 heavy (non-hydrogen) atoms. The Morgan fingerprint density at radius 1 is 1.04 bits per heavy atom. The van der Waals surface area contributed by atoms with E-state index >= 15 is 0 Å². The Morgan fingerprint density at radius 2 is 1.86 bits per heavy atom. The number of hydrogen-bond acceptors (Lipinski definition) is 3. The lowest BCUT2D eigenvalue weighted by molar-refractivity contribution is 0.277. The highest BCUT2D eigenvalue weighted by molar-refractivity contribution is 5.60. The lowest BCUT2D eigenvalue weighted by Crippen LogP contribution is -2.13. The van der Waals surface area contributed by atoms with Crippen molar-refractivity contribution in [3.63, 3.8) is 0 Å². The molecule has 0 radical (unpaired) electrons. The Labute approximate surface area is 168 Å². The first-order chi connectivity index (χ1) is 13.7. The largest absolute Gasteiger partial charge is 0.493 e. The van der Waals surface area contributed by atoms with E-state index in [9.17, 15) is 4.39 Å². The fourth-order valence-electron chi connectivity index (χ4n) is 3.94. The number of nitrogens with zero attached hydrogens (tertiary/aromatic N) is 2. The topological polar surface area (TPSA) is 35.0 Å². The fraction of sp³-hybridized carbons (Fsp3) is 0.583. The van der Waals surface area contributed by atoms with Crippen LogP contribution < -0.4 is 4.74 Å². The molecule has 0 unspecified atom stereocenters. The highest BCUT2D eigenvalue weighted by Gasteiger charge is 2.18. The Balaban J connectivity index is 1.54. The lowest BCUT2D eigenvalue weighted by atomic mass is 9.81. The average molecular weight is 385 g/mol. The predicted molar refractivity (Wildman–Crippen MR) is 112 cm³/mol. The molecule has 1 saturated carbocycles. The van der Waals surface area contributed by atoms with Gasteiger partial charge in [0.1, 0.15) is 11.6 Å². The second kappa shape index (κ2) is 10.5. The van der Waals surface area contributed by atoms with Crippen LogP contribution in [-0.2, 0) is 6.42 Å². The van der Waals surface area contributed by atoms with Gasteiger partial charge in [0.2, 0.25) is 0 Å². The van der Waals surface area contributed by atoms with Crippen molar-refractivity contribution < 1.29 is 9.13 Å². The fourth-order valence-corrected chi connectivity index (χ4v) is 3.94. The molecule has 152 valence electrons. The third kappa shape index (κ3) is 6.02. The van der Waals surface area contributed by atoms with Crippen LogP contribution in [0.5, 0.6) is 5.75 Å².